The molecular formula is C19H21N3O3S. The maximum Gasteiger partial charge on any atom is 0.326 e. The molecule has 0 aliphatic heterocycles. The Morgan fingerprint density at radius 1 is 1.23 bits per heavy atom. The van der Waals surface area contributed by atoms with Crippen LogP contribution in [-0.2, 0) is 22.5 Å². The molecule has 0 aliphatic rings. The van der Waals surface area contributed by atoms with Gasteiger partial charge in [0.25, 0.3) is 5.91 Å². The van der Waals surface area contributed by atoms with Crippen molar-refractivity contribution in [3.8, 4) is 0 Å². The van der Waals surface area contributed by atoms with Crippen molar-refractivity contribution in [1.29, 1.82) is 0 Å². The van der Waals surface area contributed by atoms with E-state index in [1.54, 1.807) is 6.07 Å². The second kappa shape index (κ2) is 8.14. The Morgan fingerprint density at radius 3 is 2.77 bits per heavy atom. The second-order valence-electron chi connectivity index (χ2n) is 6.12. The van der Waals surface area contributed by atoms with Gasteiger partial charge in [0.2, 0.25) is 0 Å². The molecule has 0 bridgehead atoms. The molecule has 26 heavy (non-hydrogen) atoms. The second-order valence-corrected chi connectivity index (χ2v) is 7.07. The number of imidazole rings is 1. The van der Waals surface area contributed by atoms with Gasteiger partial charge in [-0.05, 0) is 37.4 Å². The molecule has 0 saturated carbocycles. The summed E-state index contributed by atoms with van der Waals surface area (Å²) < 4.78 is 7.12. The molecular weight excluding hydrogens is 350 g/mol. The number of aromatic nitrogens is 2. The van der Waals surface area contributed by atoms with E-state index in [0.29, 0.717) is 17.8 Å². The highest BCUT2D eigenvalue weighted by molar-refractivity contribution is 7.12. The molecule has 3 aromatic rings. The molecule has 0 fully saturated rings. The lowest BCUT2D eigenvalue weighted by molar-refractivity contribution is -0.148. The van der Waals surface area contributed by atoms with Crippen LogP contribution in [0.5, 0.6) is 0 Å². The van der Waals surface area contributed by atoms with Crippen LogP contribution in [0.15, 0.2) is 41.8 Å². The molecule has 7 heteroatoms. The molecule has 0 aliphatic carbocycles. The number of fused-ring (bicyclic) bond motifs is 1. The van der Waals surface area contributed by atoms with Crippen LogP contribution in [-0.4, -0.2) is 34.1 Å². The van der Waals surface area contributed by atoms with Crippen LogP contribution in [0.2, 0.25) is 0 Å². The number of hydrogen-bond donors (Lipinski definition) is 1. The van der Waals surface area contributed by atoms with Crippen molar-refractivity contribution in [3.63, 3.8) is 0 Å². The molecule has 136 valence electrons. The average molecular weight is 371 g/mol. The molecule has 0 unspecified atom stereocenters. The number of amides is 1. The highest BCUT2D eigenvalue weighted by Gasteiger charge is 2.15. The van der Waals surface area contributed by atoms with Crippen molar-refractivity contribution in [3.05, 3.63) is 52.5 Å². The fraction of sp³-hybridized carbons (Fsp3) is 0.316. The molecule has 0 saturated heterocycles. The summed E-state index contributed by atoms with van der Waals surface area (Å²) in [4.78, 5) is 29.5. The zero-order valence-electron chi connectivity index (χ0n) is 14.8. The maximum atomic E-state index is 12.1. The summed E-state index contributed by atoms with van der Waals surface area (Å²) in [6.07, 6.45) is 0.367. The molecule has 2 heterocycles. The first-order valence-corrected chi connectivity index (χ1v) is 9.38. The normalized spacial score (nSPS) is 11.0. The summed E-state index contributed by atoms with van der Waals surface area (Å²) in [5.41, 5.74) is 1.71. The molecule has 0 radical (unpaired) electrons. The Kier molecular flexibility index (Phi) is 5.68. The Labute approximate surface area is 155 Å². The van der Waals surface area contributed by atoms with Crippen LogP contribution >= 0.6 is 11.3 Å². The first-order valence-electron chi connectivity index (χ1n) is 8.50. The van der Waals surface area contributed by atoms with Crippen molar-refractivity contribution in [2.75, 3.05) is 6.54 Å². The van der Waals surface area contributed by atoms with E-state index in [9.17, 15) is 9.59 Å². The minimum absolute atomic E-state index is 0.0955. The number of esters is 1. The van der Waals surface area contributed by atoms with E-state index < -0.39 is 0 Å². The van der Waals surface area contributed by atoms with Gasteiger partial charge in [0.05, 0.1) is 22.0 Å². The Bertz CT molecular complexity index is 900. The van der Waals surface area contributed by atoms with Crippen molar-refractivity contribution in [2.24, 2.45) is 0 Å². The number of thiophene rings is 1. The Morgan fingerprint density at radius 2 is 2.04 bits per heavy atom. The van der Waals surface area contributed by atoms with Crippen molar-refractivity contribution >= 4 is 34.2 Å². The highest BCUT2D eigenvalue weighted by Crippen LogP contribution is 2.17. The molecule has 3 rings (SSSR count). The van der Waals surface area contributed by atoms with Crippen LogP contribution in [0.1, 0.15) is 29.3 Å². The first-order chi connectivity index (χ1) is 12.5. The first kappa shape index (κ1) is 18.1. The van der Waals surface area contributed by atoms with E-state index in [-0.39, 0.29) is 24.5 Å². The quantitative estimate of drug-likeness (QED) is 0.648. The Hall–Kier alpha value is -2.67. The van der Waals surface area contributed by atoms with E-state index in [2.05, 4.69) is 10.3 Å². The van der Waals surface area contributed by atoms with Gasteiger partial charge in [-0.1, -0.05) is 18.2 Å². The van der Waals surface area contributed by atoms with Crippen LogP contribution in [0.4, 0.5) is 0 Å². The van der Waals surface area contributed by atoms with Gasteiger partial charge in [0.1, 0.15) is 12.4 Å². The summed E-state index contributed by atoms with van der Waals surface area (Å²) in [6.45, 7) is 4.20. The fourth-order valence-corrected chi connectivity index (χ4v) is 3.34. The van der Waals surface area contributed by atoms with Gasteiger partial charge in [-0.2, -0.15) is 0 Å². The zero-order valence-corrected chi connectivity index (χ0v) is 15.6. The number of carbonyl (C=O) groups excluding carboxylic acids is 2. The molecule has 0 atom stereocenters. The third-order valence-electron chi connectivity index (χ3n) is 3.77. The van der Waals surface area contributed by atoms with Gasteiger partial charge in [-0.25, -0.2) is 4.98 Å². The monoisotopic (exact) mass is 371 g/mol. The minimum atomic E-state index is -0.299. The minimum Gasteiger partial charge on any atom is -0.462 e. The van der Waals surface area contributed by atoms with Crippen LogP contribution in [0.3, 0.4) is 0 Å². The zero-order chi connectivity index (χ0) is 18.5. The topological polar surface area (TPSA) is 73.2 Å². The largest absolute Gasteiger partial charge is 0.462 e. The molecule has 0 spiro atoms. The number of carbonyl (C=O) groups is 2. The van der Waals surface area contributed by atoms with E-state index in [1.165, 1.54) is 11.3 Å². The summed E-state index contributed by atoms with van der Waals surface area (Å²) in [5, 5.41) is 4.76. The van der Waals surface area contributed by atoms with E-state index >= 15 is 0 Å². The maximum absolute atomic E-state index is 12.1. The summed E-state index contributed by atoms with van der Waals surface area (Å²) in [7, 11) is 0. The number of nitrogens with zero attached hydrogens (tertiary/aromatic N) is 2. The van der Waals surface area contributed by atoms with Gasteiger partial charge in [0, 0.05) is 13.0 Å². The number of rotatable bonds is 7. The van der Waals surface area contributed by atoms with Crippen molar-refractivity contribution in [2.45, 2.75) is 32.9 Å². The molecule has 1 aromatic carbocycles. The standard InChI is InChI=1S/C19H21N3O3S/c1-13(2)25-18(23)12-22-15-7-4-3-6-14(15)21-17(22)9-10-20-19(24)16-8-5-11-26-16/h3-8,11,13H,9-10,12H2,1-2H3,(H,20,24). The molecule has 6 nitrogen and oxygen atoms in total. The van der Waals surface area contributed by atoms with Gasteiger partial charge >= 0.3 is 5.97 Å². The SMILES string of the molecule is CC(C)OC(=O)Cn1c(CCNC(=O)c2cccs2)nc2ccccc21. The van der Waals surface area contributed by atoms with Gasteiger partial charge in [0.15, 0.2) is 0 Å². The number of ether oxygens (including phenoxy) is 1. The van der Waals surface area contributed by atoms with Crippen LogP contribution in [0, 0.1) is 0 Å². The van der Waals surface area contributed by atoms with Gasteiger partial charge in [-0.3, -0.25) is 9.59 Å². The number of benzene rings is 1. The number of para-hydroxylation sites is 2. The van der Waals surface area contributed by atoms with Crippen LogP contribution in [0.25, 0.3) is 11.0 Å². The summed E-state index contributed by atoms with van der Waals surface area (Å²) in [5.74, 6) is 0.354. The lowest BCUT2D eigenvalue weighted by atomic mass is 10.3. The van der Waals surface area contributed by atoms with E-state index in [1.807, 2.05) is 54.1 Å². The van der Waals surface area contributed by atoms with Crippen molar-refractivity contribution in [1.82, 2.24) is 14.9 Å². The van der Waals surface area contributed by atoms with Crippen LogP contribution < -0.4 is 5.32 Å². The van der Waals surface area contributed by atoms with Gasteiger partial charge < -0.3 is 14.6 Å². The number of hydrogen-bond acceptors (Lipinski definition) is 5. The average Bonchev–Trinajstić information content (AvgIpc) is 3.23. The predicted octanol–water partition coefficient (Wildman–Crippen LogP) is 3.02. The number of nitrogens with one attached hydrogen (secondary N) is 1. The summed E-state index contributed by atoms with van der Waals surface area (Å²) >= 11 is 1.40. The molecule has 1 amide bonds. The molecule has 1 N–H and O–H groups in total. The predicted molar refractivity (Wildman–Crippen MR) is 101 cm³/mol. The van der Waals surface area contributed by atoms with E-state index in [4.69, 9.17) is 4.74 Å². The highest BCUT2D eigenvalue weighted by atomic mass is 32.1. The smallest absolute Gasteiger partial charge is 0.326 e. The lowest BCUT2D eigenvalue weighted by Crippen LogP contribution is -2.26. The Balaban J connectivity index is 1.73. The third kappa shape index (κ3) is 4.29. The van der Waals surface area contributed by atoms with Crippen molar-refractivity contribution < 1.29 is 14.3 Å². The lowest BCUT2D eigenvalue weighted by Gasteiger charge is -2.11. The van der Waals surface area contributed by atoms with E-state index in [0.717, 1.165) is 16.9 Å². The third-order valence-corrected chi connectivity index (χ3v) is 4.64. The summed E-state index contributed by atoms with van der Waals surface area (Å²) in [6, 6.07) is 11.3. The van der Waals surface area contributed by atoms with Gasteiger partial charge in [-0.15, -0.1) is 11.3 Å². The molecule has 2 aromatic heterocycles. The fourth-order valence-electron chi connectivity index (χ4n) is 2.70.